The SMILES string of the molecule is CCC1CSC2=NC(c3ccccn3)C(c3cc(C)n(-c4ccccc4Br)c3C)N21. The monoisotopic (exact) mass is 480 g/mol. The third-order valence-corrected chi connectivity index (χ3v) is 8.01. The first-order chi connectivity index (χ1) is 14.6. The molecule has 3 atom stereocenters. The highest BCUT2D eigenvalue weighted by Crippen LogP contribution is 2.50. The maximum absolute atomic E-state index is 5.17. The molecule has 6 heteroatoms. The van der Waals surface area contributed by atoms with E-state index < -0.39 is 0 Å². The standard InChI is InChI=1S/C24H25BrN4S/c1-4-17-14-30-24-27-22(20-10-7-8-12-26-20)23(29(17)24)18-13-15(2)28(16(18)3)21-11-6-5-9-19(21)25/h5-13,17,22-23H,4,14H2,1-3H3. The van der Waals surface area contributed by atoms with E-state index >= 15 is 0 Å². The zero-order valence-corrected chi connectivity index (χ0v) is 19.8. The van der Waals surface area contributed by atoms with Crippen molar-refractivity contribution in [1.29, 1.82) is 0 Å². The van der Waals surface area contributed by atoms with Crippen molar-refractivity contribution < 1.29 is 0 Å². The van der Waals surface area contributed by atoms with Gasteiger partial charge < -0.3 is 9.47 Å². The first-order valence-corrected chi connectivity index (χ1v) is 12.2. The number of nitrogens with zero attached hydrogens (tertiary/aromatic N) is 4. The van der Waals surface area contributed by atoms with Crippen LogP contribution >= 0.6 is 27.7 Å². The molecule has 2 aliphatic rings. The van der Waals surface area contributed by atoms with E-state index in [2.05, 4.69) is 93.6 Å². The van der Waals surface area contributed by atoms with Crippen LogP contribution in [-0.4, -0.2) is 31.4 Å². The smallest absolute Gasteiger partial charge is 0.160 e. The number of benzene rings is 1. The quantitative estimate of drug-likeness (QED) is 0.443. The second-order valence-electron chi connectivity index (χ2n) is 7.95. The normalized spacial score (nSPS) is 23.0. The van der Waals surface area contributed by atoms with E-state index in [0.717, 1.165) is 22.3 Å². The molecule has 1 aromatic carbocycles. The van der Waals surface area contributed by atoms with E-state index in [1.54, 1.807) is 0 Å². The van der Waals surface area contributed by atoms with Crippen molar-refractivity contribution >= 4 is 32.9 Å². The average Bonchev–Trinajstić information content (AvgIpc) is 3.41. The molecule has 0 saturated carbocycles. The van der Waals surface area contributed by atoms with Gasteiger partial charge in [0.2, 0.25) is 0 Å². The van der Waals surface area contributed by atoms with E-state index in [0.29, 0.717) is 6.04 Å². The fourth-order valence-electron chi connectivity index (χ4n) is 4.78. The Morgan fingerprint density at radius 2 is 1.93 bits per heavy atom. The van der Waals surface area contributed by atoms with Gasteiger partial charge in [0.15, 0.2) is 5.17 Å². The van der Waals surface area contributed by atoms with Crippen molar-refractivity contribution in [3.63, 3.8) is 0 Å². The van der Waals surface area contributed by atoms with E-state index in [9.17, 15) is 0 Å². The Balaban J connectivity index is 1.66. The van der Waals surface area contributed by atoms with Gasteiger partial charge in [-0.25, -0.2) is 0 Å². The van der Waals surface area contributed by atoms with Gasteiger partial charge in [0.25, 0.3) is 0 Å². The van der Waals surface area contributed by atoms with Gasteiger partial charge in [-0.1, -0.05) is 36.9 Å². The Morgan fingerprint density at radius 1 is 1.13 bits per heavy atom. The summed E-state index contributed by atoms with van der Waals surface area (Å²) in [7, 11) is 0. The Labute approximate surface area is 190 Å². The lowest BCUT2D eigenvalue weighted by Crippen LogP contribution is -2.35. The summed E-state index contributed by atoms with van der Waals surface area (Å²) < 4.78 is 3.46. The number of amidine groups is 1. The summed E-state index contributed by atoms with van der Waals surface area (Å²) in [5.74, 6) is 1.11. The highest BCUT2D eigenvalue weighted by atomic mass is 79.9. The summed E-state index contributed by atoms with van der Waals surface area (Å²) >= 11 is 5.63. The molecule has 0 N–H and O–H groups in total. The molecule has 1 fully saturated rings. The number of hydrogen-bond donors (Lipinski definition) is 0. The molecule has 1 saturated heterocycles. The summed E-state index contributed by atoms with van der Waals surface area (Å²) in [6.07, 6.45) is 3.01. The van der Waals surface area contributed by atoms with Crippen molar-refractivity contribution in [2.45, 2.75) is 45.3 Å². The van der Waals surface area contributed by atoms with Gasteiger partial charge >= 0.3 is 0 Å². The minimum absolute atomic E-state index is 0.0243. The number of aromatic nitrogens is 2. The fourth-order valence-corrected chi connectivity index (χ4v) is 6.58. The molecular weight excluding hydrogens is 456 g/mol. The van der Waals surface area contributed by atoms with Crippen LogP contribution in [0.5, 0.6) is 0 Å². The summed E-state index contributed by atoms with van der Waals surface area (Å²) in [5, 5.41) is 1.17. The Kier molecular flexibility index (Phi) is 5.23. The summed E-state index contributed by atoms with van der Waals surface area (Å²) in [6.45, 7) is 6.71. The highest BCUT2D eigenvalue weighted by molar-refractivity contribution is 9.10. The van der Waals surface area contributed by atoms with Crippen molar-refractivity contribution in [3.05, 3.63) is 81.8 Å². The Bertz CT molecular complexity index is 1110. The molecule has 2 aromatic heterocycles. The molecule has 4 nitrogen and oxygen atoms in total. The minimum Gasteiger partial charge on any atom is -0.338 e. The molecule has 0 radical (unpaired) electrons. The first kappa shape index (κ1) is 19.9. The predicted octanol–water partition coefficient (Wildman–Crippen LogP) is 6.23. The first-order valence-electron chi connectivity index (χ1n) is 10.4. The highest BCUT2D eigenvalue weighted by Gasteiger charge is 2.46. The van der Waals surface area contributed by atoms with Crippen LogP contribution in [0.15, 0.2) is 64.2 Å². The van der Waals surface area contributed by atoms with Crippen molar-refractivity contribution in [1.82, 2.24) is 14.5 Å². The molecule has 0 spiro atoms. The minimum atomic E-state index is 0.0243. The lowest BCUT2D eigenvalue weighted by Gasteiger charge is -2.32. The predicted molar refractivity (Wildman–Crippen MR) is 128 cm³/mol. The summed E-state index contributed by atoms with van der Waals surface area (Å²) in [6, 6.07) is 17.6. The lowest BCUT2D eigenvalue weighted by molar-refractivity contribution is 0.254. The topological polar surface area (TPSA) is 33.4 Å². The van der Waals surface area contributed by atoms with E-state index in [4.69, 9.17) is 4.99 Å². The van der Waals surface area contributed by atoms with Crippen molar-refractivity contribution in [2.24, 2.45) is 4.99 Å². The van der Waals surface area contributed by atoms with Crippen LogP contribution in [-0.2, 0) is 0 Å². The second-order valence-corrected chi connectivity index (χ2v) is 9.79. The third-order valence-electron chi connectivity index (χ3n) is 6.21. The van der Waals surface area contributed by atoms with Gasteiger partial charge in [-0.05, 0) is 72.1 Å². The third kappa shape index (κ3) is 3.12. The van der Waals surface area contributed by atoms with E-state index in [1.165, 1.54) is 27.8 Å². The second kappa shape index (κ2) is 7.89. The molecular formula is C24H25BrN4S. The van der Waals surface area contributed by atoms with Crippen LogP contribution < -0.4 is 0 Å². The van der Waals surface area contributed by atoms with Gasteiger partial charge in [0.05, 0.1) is 17.4 Å². The van der Waals surface area contributed by atoms with Crippen LogP contribution in [0, 0.1) is 13.8 Å². The van der Waals surface area contributed by atoms with Gasteiger partial charge in [-0.2, -0.15) is 0 Å². The molecule has 0 amide bonds. The van der Waals surface area contributed by atoms with Crippen LogP contribution in [0.4, 0.5) is 0 Å². The van der Waals surface area contributed by atoms with Gasteiger partial charge in [-0.15, -0.1) is 0 Å². The molecule has 2 aliphatic heterocycles. The van der Waals surface area contributed by atoms with Crippen LogP contribution in [0.2, 0.25) is 0 Å². The molecule has 0 aliphatic carbocycles. The van der Waals surface area contributed by atoms with Gasteiger partial charge in [-0.3, -0.25) is 9.98 Å². The molecule has 4 heterocycles. The number of pyridine rings is 1. The number of thioether (sulfide) groups is 1. The molecule has 3 aromatic rings. The summed E-state index contributed by atoms with van der Waals surface area (Å²) in [4.78, 5) is 12.4. The number of aliphatic imine (C=N–C) groups is 1. The number of hydrogen-bond acceptors (Lipinski definition) is 4. The number of aryl methyl sites for hydroxylation is 1. The fraction of sp³-hybridized carbons (Fsp3) is 0.333. The largest absolute Gasteiger partial charge is 0.338 e. The van der Waals surface area contributed by atoms with Gasteiger partial charge in [0, 0.05) is 33.9 Å². The maximum atomic E-state index is 5.17. The molecule has 3 unspecified atom stereocenters. The van der Waals surface area contributed by atoms with Crippen LogP contribution in [0.25, 0.3) is 5.69 Å². The van der Waals surface area contributed by atoms with E-state index in [-0.39, 0.29) is 12.1 Å². The van der Waals surface area contributed by atoms with Crippen molar-refractivity contribution in [2.75, 3.05) is 5.75 Å². The zero-order chi connectivity index (χ0) is 20.8. The van der Waals surface area contributed by atoms with E-state index in [1.807, 2.05) is 24.0 Å². The molecule has 5 rings (SSSR count). The average molecular weight is 481 g/mol. The maximum Gasteiger partial charge on any atom is 0.160 e. The number of para-hydroxylation sites is 1. The number of halogens is 1. The van der Waals surface area contributed by atoms with Gasteiger partial charge in [0.1, 0.15) is 6.04 Å². The lowest BCUT2D eigenvalue weighted by atomic mass is 9.95. The van der Waals surface area contributed by atoms with Crippen LogP contribution in [0.1, 0.15) is 48.1 Å². The molecule has 30 heavy (non-hydrogen) atoms. The number of rotatable bonds is 4. The zero-order valence-electron chi connectivity index (χ0n) is 17.4. The summed E-state index contributed by atoms with van der Waals surface area (Å²) in [5.41, 5.74) is 6.08. The van der Waals surface area contributed by atoms with Crippen LogP contribution in [0.3, 0.4) is 0 Å². The Hall–Kier alpha value is -2.05. The molecule has 154 valence electrons. The number of fused-ring (bicyclic) bond motifs is 1. The Morgan fingerprint density at radius 3 is 2.67 bits per heavy atom. The molecule has 0 bridgehead atoms. The van der Waals surface area contributed by atoms with Crippen molar-refractivity contribution in [3.8, 4) is 5.69 Å².